The fraction of sp³-hybridized carbons (Fsp3) is 0.310. The standard InChI is InChI=1S/C29H36O4/c1-5-9-22-13-15-26(24(17-22)11-7-3)28(29(19-30,20-31)21-32)33-27-16-14-23(10-6-2)18-25(27)12-8-4/h5-8,13-18,28,30-32H,1-4,9-12,19-21H2. The summed E-state index contributed by atoms with van der Waals surface area (Å²) in [5.41, 5.74) is 3.59. The molecule has 4 nitrogen and oxygen atoms in total. The number of ether oxygens (including phenoxy) is 1. The van der Waals surface area contributed by atoms with Crippen LogP contribution in [0, 0.1) is 5.41 Å². The largest absolute Gasteiger partial charge is 0.485 e. The molecule has 0 aliphatic rings. The van der Waals surface area contributed by atoms with Gasteiger partial charge in [-0.05, 0) is 59.6 Å². The Bertz CT molecular complexity index is 948. The monoisotopic (exact) mass is 448 g/mol. The fourth-order valence-corrected chi connectivity index (χ4v) is 3.94. The topological polar surface area (TPSA) is 69.9 Å². The molecule has 0 bridgehead atoms. The van der Waals surface area contributed by atoms with Gasteiger partial charge in [0, 0.05) is 0 Å². The van der Waals surface area contributed by atoms with Gasteiger partial charge in [0.05, 0.1) is 25.2 Å². The van der Waals surface area contributed by atoms with E-state index in [9.17, 15) is 15.3 Å². The van der Waals surface area contributed by atoms with Crippen molar-refractivity contribution in [2.45, 2.75) is 31.8 Å². The summed E-state index contributed by atoms with van der Waals surface area (Å²) in [5, 5.41) is 30.8. The lowest BCUT2D eigenvalue weighted by Crippen LogP contribution is -2.43. The zero-order valence-corrected chi connectivity index (χ0v) is 19.4. The van der Waals surface area contributed by atoms with Crippen molar-refractivity contribution < 1.29 is 20.1 Å². The summed E-state index contributed by atoms with van der Waals surface area (Å²) >= 11 is 0. The molecule has 4 heteroatoms. The Morgan fingerprint density at radius 1 is 0.697 bits per heavy atom. The second-order valence-electron chi connectivity index (χ2n) is 8.28. The maximum Gasteiger partial charge on any atom is 0.136 e. The first-order valence-electron chi connectivity index (χ1n) is 11.2. The smallest absolute Gasteiger partial charge is 0.136 e. The Kier molecular flexibility index (Phi) is 10.3. The van der Waals surface area contributed by atoms with E-state index in [0.717, 1.165) is 40.7 Å². The highest BCUT2D eigenvalue weighted by Crippen LogP contribution is 2.40. The van der Waals surface area contributed by atoms with Crippen molar-refractivity contribution >= 4 is 0 Å². The molecule has 0 aliphatic carbocycles. The van der Waals surface area contributed by atoms with Gasteiger partial charge in [-0.25, -0.2) is 0 Å². The van der Waals surface area contributed by atoms with Crippen molar-refractivity contribution in [1.29, 1.82) is 0 Å². The van der Waals surface area contributed by atoms with Crippen LogP contribution >= 0.6 is 0 Å². The molecule has 0 radical (unpaired) electrons. The molecule has 2 rings (SSSR count). The van der Waals surface area contributed by atoms with Crippen LogP contribution in [-0.4, -0.2) is 35.1 Å². The molecule has 0 aliphatic heterocycles. The van der Waals surface area contributed by atoms with E-state index < -0.39 is 31.3 Å². The van der Waals surface area contributed by atoms with Crippen molar-refractivity contribution in [1.82, 2.24) is 0 Å². The highest BCUT2D eigenvalue weighted by atomic mass is 16.5. The molecule has 33 heavy (non-hydrogen) atoms. The van der Waals surface area contributed by atoms with Crippen LogP contribution in [0.3, 0.4) is 0 Å². The third-order valence-electron chi connectivity index (χ3n) is 5.85. The highest BCUT2D eigenvalue weighted by molar-refractivity contribution is 5.42. The molecular formula is C29H36O4. The van der Waals surface area contributed by atoms with Crippen molar-refractivity contribution in [3.63, 3.8) is 0 Å². The highest BCUT2D eigenvalue weighted by Gasteiger charge is 2.42. The minimum absolute atomic E-state index is 0.446. The Morgan fingerprint density at radius 2 is 1.18 bits per heavy atom. The van der Waals surface area contributed by atoms with Gasteiger partial charge in [-0.3, -0.25) is 0 Å². The molecule has 2 aromatic rings. The molecule has 1 unspecified atom stereocenters. The molecule has 3 N–H and O–H groups in total. The third kappa shape index (κ3) is 6.32. The average molecular weight is 449 g/mol. The Morgan fingerprint density at radius 3 is 1.70 bits per heavy atom. The van der Waals surface area contributed by atoms with Gasteiger partial charge < -0.3 is 20.1 Å². The van der Waals surface area contributed by atoms with Gasteiger partial charge in [0.15, 0.2) is 0 Å². The van der Waals surface area contributed by atoms with E-state index in [1.807, 2.05) is 42.5 Å². The summed E-state index contributed by atoms with van der Waals surface area (Å²) in [6, 6.07) is 11.9. The lowest BCUT2D eigenvalue weighted by Gasteiger charge is -2.38. The van der Waals surface area contributed by atoms with E-state index in [1.165, 1.54) is 0 Å². The first kappa shape index (κ1) is 26.3. The predicted octanol–water partition coefficient (Wildman–Crippen LogP) is 4.68. The molecule has 0 amide bonds. The van der Waals surface area contributed by atoms with Gasteiger partial charge in [-0.1, -0.05) is 54.6 Å². The van der Waals surface area contributed by atoms with Gasteiger partial charge >= 0.3 is 0 Å². The van der Waals surface area contributed by atoms with Crippen LogP contribution in [0.15, 0.2) is 87.0 Å². The third-order valence-corrected chi connectivity index (χ3v) is 5.85. The van der Waals surface area contributed by atoms with Crippen molar-refractivity contribution in [3.05, 3.63) is 115 Å². The van der Waals surface area contributed by atoms with Crippen LogP contribution in [-0.2, 0) is 25.7 Å². The summed E-state index contributed by atoms with van der Waals surface area (Å²) < 4.78 is 6.53. The van der Waals surface area contributed by atoms with Gasteiger partial charge in [-0.2, -0.15) is 0 Å². The van der Waals surface area contributed by atoms with Crippen molar-refractivity contribution in [2.24, 2.45) is 5.41 Å². The van der Waals surface area contributed by atoms with Crippen LogP contribution in [0.25, 0.3) is 0 Å². The van der Waals surface area contributed by atoms with Crippen molar-refractivity contribution in [2.75, 3.05) is 19.8 Å². The summed E-state index contributed by atoms with van der Waals surface area (Å²) in [7, 11) is 0. The second kappa shape index (κ2) is 12.9. The maximum absolute atomic E-state index is 10.3. The van der Waals surface area contributed by atoms with E-state index in [1.54, 1.807) is 12.2 Å². The van der Waals surface area contributed by atoms with E-state index in [2.05, 4.69) is 32.4 Å². The minimum atomic E-state index is -1.29. The summed E-state index contributed by atoms with van der Waals surface area (Å²) in [4.78, 5) is 0. The SMILES string of the molecule is C=CCc1ccc(OC(c2ccc(CC=C)cc2CC=C)C(CO)(CO)CO)c(CC=C)c1. The molecule has 0 heterocycles. The molecular weight excluding hydrogens is 412 g/mol. The van der Waals surface area contributed by atoms with Crippen LogP contribution in [0.4, 0.5) is 0 Å². The van der Waals surface area contributed by atoms with Crippen LogP contribution < -0.4 is 4.74 Å². The van der Waals surface area contributed by atoms with Crippen LogP contribution in [0.5, 0.6) is 5.75 Å². The zero-order chi connectivity index (χ0) is 24.3. The fourth-order valence-electron chi connectivity index (χ4n) is 3.94. The van der Waals surface area contributed by atoms with Gasteiger partial charge in [0.1, 0.15) is 11.9 Å². The van der Waals surface area contributed by atoms with Gasteiger partial charge in [0.25, 0.3) is 0 Å². The van der Waals surface area contributed by atoms with E-state index in [0.29, 0.717) is 18.6 Å². The van der Waals surface area contributed by atoms with E-state index >= 15 is 0 Å². The number of rotatable bonds is 15. The Hall–Kier alpha value is -2.92. The Balaban J connectivity index is 2.66. The molecule has 0 fully saturated rings. The number of benzene rings is 2. The quantitative estimate of drug-likeness (QED) is 0.346. The number of hydrogen-bond donors (Lipinski definition) is 3. The molecule has 0 saturated carbocycles. The van der Waals surface area contributed by atoms with Crippen LogP contribution in [0.1, 0.15) is 33.9 Å². The zero-order valence-electron chi connectivity index (χ0n) is 19.4. The van der Waals surface area contributed by atoms with Crippen molar-refractivity contribution in [3.8, 4) is 5.75 Å². The molecule has 176 valence electrons. The average Bonchev–Trinajstić information content (AvgIpc) is 2.82. The lowest BCUT2D eigenvalue weighted by atomic mass is 9.78. The van der Waals surface area contributed by atoms with E-state index in [-0.39, 0.29) is 0 Å². The molecule has 0 spiro atoms. The first-order chi connectivity index (χ1) is 16.0. The Labute approximate surface area is 197 Å². The molecule has 0 saturated heterocycles. The van der Waals surface area contributed by atoms with Gasteiger partial charge in [-0.15, -0.1) is 26.3 Å². The maximum atomic E-state index is 10.3. The minimum Gasteiger partial charge on any atom is -0.485 e. The summed E-state index contributed by atoms with van der Waals surface area (Å²) in [6.07, 6.45) is 9.12. The number of allylic oxidation sites excluding steroid dienone is 4. The predicted molar refractivity (Wildman–Crippen MR) is 136 cm³/mol. The van der Waals surface area contributed by atoms with Gasteiger partial charge in [0.2, 0.25) is 0 Å². The second-order valence-corrected chi connectivity index (χ2v) is 8.28. The first-order valence-corrected chi connectivity index (χ1v) is 11.2. The lowest BCUT2D eigenvalue weighted by molar-refractivity contribution is -0.0747. The van der Waals surface area contributed by atoms with E-state index in [4.69, 9.17) is 4.74 Å². The summed E-state index contributed by atoms with van der Waals surface area (Å²) in [5.74, 6) is 0.618. The number of aliphatic hydroxyl groups is 3. The van der Waals surface area contributed by atoms with Crippen LogP contribution in [0.2, 0.25) is 0 Å². The molecule has 2 aromatic carbocycles. The summed E-state index contributed by atoms with van der Waals surface area (Å²) in [6.45, 7) is 14.0. The number of aliphatic hydroxyl groups excluding tert-OH is 3. The molecule has 1 atom stereocenters. The normalized spacial score (nSPS) is 12.1. The number of hydrogen-bond acceptors (Lipinski definition) is 4. The molecule has 0 aromatic heterocycles.